The van der Waals surface area contributed by atoms with E-state index in [0.717, 1.165) is 5.56 Å². The van der Waals surface area contributed by atoms with Gasteiger partial charge >= 0.3 is 0 Å². The molecule has 1 heterocycles. The molecular formula is C17H24N2O5S. The lowest BCUT2D eigenvalue weighted by molar-refractivity contribution is -0.124. The standard InChI is InChI=1S/C17H24N2O5S/c1-12(2)10-24-15-5-4-13(8-16(15)23-3)9-18-19-17(20)14-6-7-25(21,22)11-14/h4-5,8-9,12,14H,6-7,10-11H2,1-3H3,(H,19,20)/b18-9-/t14-/m1/s1. The molecular weight excluding hydrogens is 344 g/mol. The lowest BCUT2D eigenvalue weighted by Gasteiger charge is -2.12. The molecule has 0 spiro atoms. The van der Waals surface area contributed by atoms with Crippen LogP contribution < -0.4 is 14.9 Å². The van der Waals surface area contributed by atoms with E-state index < -0.39 is 15.8 Å². The number of amides is 1. The van der Waals surface area contributed by atoms with Gasteiger partial charge in [0.25, 0.3) is 0 Å². The van der Waals surface area contributed by atoms with Crippen LogP contribution in [0.4, 0.5) is 0 Å². The Morgan fingerprint density at radius 3 is 2.76 bits per heavy atom. The van der Waals surface area contributed by atoms with Crippen molar-refractivity contribution >= 4 is 22.0 Å². The number of carbonyl (C=O) groups is 1. The molecule has 7 nitrogen and oxygen atoms in total. The van der Waals surface area contributed by atoms with Crippen molar-refractivity contribution < 1.29 is 22.7 Å². The van der Waals surface area contributed by atoms with Gasteiger partial charge in [0, 0.05) is 0 Å². The Bertz CT molecular complexity index is 743. The van der Waals surface area contributed by atoms with Crippen LogP contribution in [-0.2, 0) is 14.6 Å². The summed E-state index contributed by atoms with van der Waals surface area (Å²) in [5.41, 5.74) is 3.13. The highest BCUT2D eigenvalue weighted by Gasteiger charge is 2.32. The van der Waals surface area contributed by atoms with Gasteiger partial charge < -0.3 is 9.47 Å². The highest BCUT2D eigenvalue weighted by atomic mass is 32.2. The van der Waals surface area contributed by atoms with Gasteiger partial charge in [0.05, 0.1) is 37.4 Å². The number of nitrogens with one attached hydrogen (secondary N) is 1. The van der Waals surface area contributed by atoms with E-state index >= 15 is 0 Å². The first-order chi connectivity index (χ1) is 11.8. The second kappa shape index (κ2) is 8.33. The predicted octanol–water partition coefficient (Wildman–Crippen LogP) is 1.61. The summed E-state index contributed by atoms with van der Waals surface area (Å²) in [5, 5.41) is 3.90. The first-order valence-electron chi connectivity index (χ1n) is 8.15. The highest BCUT2D eigenvalue weighted by Crippen LogP contribution is 2.28. The number of hydrazone groups is 1. The second-order valence-corrected chi connectivity index (χ2v) is 8.68. The average molecular weight is 368 g/mol. The van der Waals surface area contributed by atoms with Crippen molar-refractivity contribution in [3.05, 3.63) is 23.8 Å². The summed E-state index contributed by atoms with van der Waals surface area (Å²) in [7, 11) is -1.53. The average Bonchev–Trinajstić information content (AvgIpc) is 2.93. The molecule has 1 aromatic carbocycles. The Balaban J connectivity index is 1.95. The van der Waals surface area contributed by atoms with E-state index in [9.17, 15) is 13.2 Å². The third-order valence-corrected chi connectivity index (χ3v) is 5.52. The van der Waals surface area contributed by atoms with E-state index in [1.807, 2.05) is 0 Å². The molecule has 0 aliphatic carbocycles. The molecule has 1 aliphatic rings. The van der Waals surface area contributed by atoms with Crippen molar-refractivity contribution in [2.75, 3.05) is 25.2 Å². The van der Waals surface area contributed by atoms with Crippen molar-refractivity contribution in [2.24, 2.45) is 16.9 Å². The maximum Gasteiger partial charge on any atom is 0.244 e. The monoisotopic (exact) mass is 368 g/mol. The Morgan fingerprint density at radius 2 is 2.16 bits per heavy atom. The molecule has 1 N–H and O–H groups in total. The van der Waals surface area contributed by atoms with Gasteiger partial charge in [-0.25, -0.2) is 13.8 Å². The largest absolute Gasteiger partial charge is 0.493 e. The fourth-order valence-electron chi connectivity index (χ4n) is 2.40. The minimum Gasteiger partial charge on any atom is -0.493 e. The van der Waals surface area contributed by atoms with Crippen LogP contribution in [0.3, 0.4) is 0 Å². The highest BCUT2D eigenvalue weighted by molar-refractivity contribution is 7.91. The molecule has 1 amide bonds. The smallest absolute Gasteiger partial charge is 0.244 e. The van der Waals surface area contributed by atoms with Gasteiger partial charge in [-0.05, 0) is 36.1 Å². The maximum atomic E-state index is 11.9. The Labute approximate surface area is 148 Å². The van der Waals surface area contributed by atoms with Crippen LogP contribution in [0.1, 0.15) is 25.8 Å². The number of carbonyl (C=O) groups excluding carboxylic acids is 1. The molecule has 1 atom stereocenters. The normalized spacial score (nSPS) is 19.3. The molecule has 0 aromatic heterocycles. The molecule has 0 radical (unpaired) electrons. The molecule has 1 aromatic rings. The summed E-state index contributed by atoms with van der Waals surface area (Å²) < 4.78 is 33.8. The van der Waals surface area contributed by atoms with E-state index in [2.05, 4.69) is 24.4 Å². The third-order valence-electron chi connectivity index (χ3n) is 3.75. The number of nitrogens with zero attached hydrogens (tertiary/aromatic N) is 1. The van der Waals surface area contributed by atoms with Gasteiger partial charge in [-0.15, -0.1) is 0 Å². The summed E-state index contributed by atoms with van der Waals surface area (Å²) in [6.07, 6.45) is 1.83. The summed E-state index contributed by atoms with van der Waals surface area (Å²) in [6, 6.07) is 5.34. The van der Waals surface area contributed by atoms with Crippen molar-refractivity contribution in [1.29, 1.82) is 0 Å². The van der Waals surface area contributed by atoms with Gasteiger partial charge in [0.15, 0.2) is 21.3 Å². The van der Waals surface area contributed by atoms with Gasteiger partial charge in [-0.2, -0.15) is 5.10 Å². The first kappa shape index (κ1) is 19.2. The van der Waals surface area contributed by atoms with E-state index in [1.54, 1.807) is 25.3 Å². The number of benzene rings is 1. The molecule has 1 fully saturated rings. The van der Waals surface area contributed by atoms with E-state index in [4.69, 9.17) is 9.47 Å². The van der Waals surface area contributed by atoms with Gasteiger partial charge in [-0.1, -0.05) is 13.8 Å². The number of rotatable bonds is 7. The summed E-state index contributed by atoms with van der Waals surface area (Å²) in [4.78, 5) is 11.9. The van der Waals surface area contributed by atoms with Crippen LogP contribution in [0.2, 0.25) is 0 Å². The zero-order valence-corrected chi connectivity index (χ0v) is 15.5. The quantitative estimate of drug-likeness (QED) is 0.583. The molecule has 8 heteroatoms. The lowest BCUT2D eigenvalue weighted by Crippen LogP contribution is -2.27. The molecule has 1 aliphatic heterocycles. The van der Waals surface area contributed by atoms with E-state index in [1.165, 1.54) is 6.21 Å². The van der Waals surface area contributed by atoms with Crippen LogP contribution in [0.15, 0.2) is 23.3 Å². The molecule has 0 unspecified atom stereocenters. The van der Waals surface area contributed by atoms with Crippen LogP contribution in [0, 0.1) is 11.8 Å². The summed E-state index contributed by atoms with van der Waals surface area (Å²) >= 11 is 0. The van der Waals surface area contributed by atoms with E-state index in [-0.39, 0.29) is 17.4 Å². The topological polar surface area (TPSA) is 94.1 Å². The van der Waals surface area contributed by atoms with Crippen LogP contribution in [0.5, 0.6) is 11.5 Å². The summed E-state index contributed by atoms with van der Waals surface area (Å²) in [5.74, 6) is 0.685. The molecule has 0 bridgehead atoms. The Hall–Kier alpha value is -2.09. The number of hydrogen-bond donors (Lipinski definition) is 1. The van der Waals surface area contributed by atoms with Gasteiger partial charge in [0.1, 0.15) is 0 Å². The lowest BCUT2D eigenvalue weighted by atomic mass is 10.1. The fourth-order valence-corrected chi connectivity index (χ4v) is 4.15. The molecule has 2 rings (SSSR count). The van der Waals surface area contributed by atoms with Crippen molar-refractivity contribution in [3.63, 3.8) is 0 Å². The predicted molar refractivity (Wildman–Crippen MR) is 95.8 cm³/mol. The Kier molecular flexibility index (Phi) is 6.41. The van der Waals surface area contributed by atoms with Crippen LogP contribution in [-0.4, -0.2) is 45.8 Å². The molecule has 25 heavy (non-hydrogen) atoms. The third kappa shape index (κ3) is 5.74. The van der Waals surface area contributed by atoms with Gasteiger partial charge in [0.2, 0.25) is 5.91 Å². The number of sulfone groups is 1. The summed E-state index contributed by atoms with van der Waals surface area (Å²) in [6.45, 7) is 4.71. The Morgan fingerprint density at radius 1 is 1.40 bits per heavy atom. The zero-order valence-electron chi connectivity index (χ0n) is 14.7. The van der Waals surface area contributed by atoms with Crippen molar-refractivity contribution in [3.8, 4) is 11.5 Å². The molecule has 0 saturated carbocycles. The SMILES string of the molecule is COc1cc(/C=N\NC(=O)[C@@H]2CCS(=O)(=O)C2)ccc1OCC(C)C. The minimum atomic E-state index is -3.09. The zero-order chi connectivity index (χ0) is 18.4. The van der Waals surface area contributed by atoms with Crippen molar-refractivity contribution in [1.82, 2.24) is 5.43 Å². The van der Waals surface area contributed by atoms with E-state index in [0.29, 0.717) is 30.4 Å². The van der Waals surface area contributed by atoms with Crippen LogP contribution >= 0.6 is 0 Å². The molecule has 138 valence electrons. The van der Waals surface area contributed by atoms with Crippen LogP contribution in [0.25, 0.3) is 0 Å². The maximum absolute atomic E-state index is 11.9. The second-order valence-electron chi connectivity index (χ2n) is 6.45. The minimum absolute atomic E-state index is 0.0594. The number of hydrogen-bond acceptors (Lipinski definition) is 6. The fraction of sp³-hybridized carbons (Fsp3) is 0.529. The van der Waals surface area contributed by atoms with Crippen molar-refractivity contribution in [2.45, 2.75) is 20.3 Å². The number of ether oxygens (including phenoxy) is 2. The van der Waals surface area contributed by atoms with Gasteiger partial charge in [-0.3, -0.25) is 4.79 Å². The first-order valence-corrected chi connectivity index (χ1v) is 9.97. The molecule has 1 saturated heterocycles. The number of methoxy groups -OCH3 is 1.